The van der Waals surface area contributed by atoms with Gasteiger partial charge in [-0.15, -0.1) is 0 Å². The summed E-state index contributed by atoms with van der Waals surface area (Å²) in [4.78, 5) is 12.0. The van der Waals surface area contributed by atoms with Crippen LogP contribution in [0.5, 0.6) is 0 Å². The number of aryl methyl sites for hydroxylation is 1. The van der Waals surface area contributed by atoms with Crippen LogP contribution in [0.3, 0.4) is 0 Å². The van der Waals surface area contributed by atoms with E-state index in [1.165, 1.54) is 6.92 Å². The zero-order valence-corrected chi connectivity index (χ0v) is 10.2. The Kier molecular flexibility index (Phi) is 3.34. The summed E-state index contributed by atoms with van der Waals surface area (Å²) >= 11 is 0. The fourth-order valence-electron chi connectivity index (χ4n) is 2.22. The summed E-state index contributed by atoms with van der Waals surface area (Å²) in [6.45, 7) is 1.46. The van der Waals surface area contributed by atoms with E-state index in [4.69, 9.17) is 5.73 Å². The maximum absolute atomic E-state index is 13.6. The van der Waals surface area contributed by atoms with Gasteiger partial charge in [-0.05, 0) is 31.4 Å². The fourth-order valence-corrected chi connectivity index (χ4v) is 2.22. The van der Waals surface area contributed by atoms with E-state index in [2.05, 4.69) is 5.32 Å². The molecule has 0 bridgehead atoms. The van der Waals surface area contributed by atoms with Gasteiger partial charge >= 0.3 is 0 Å². The van der Waals surface area contributed by atoms with Crippen molar-refractivity contribution in [3.8, 4) is 0 Å². The van der Waals surface area contributed by atoms with Gasteiger partial charge in [-0.25, -0.2) is 8.78 Å². The van der Waals surface area contributed by atoms with Crippen molar-refractivity contribution in [1.29, 1.82) is 0 Å². The second-order valence-electron chi connectivity index (χ2n) is 4.90. The molecule has 0 unspecified atom stereocenters. The van der Waals surface area contributed by atoms with Crippen LogP contribution < -0.4 is 11.1 Å². The predicted molar refractivity (Wildman–Crippen MR) is 65.1 cm³/mol. The maximum Gasteiger partial charge on any atom is 0.244 e. The molecule has 98 valence electrons. The molecule has 3 nitrogen and oxygen atoms in total. The Morgan fingerprint density at radius 1 is 1.28 bits per heavy atom. The van der Waals surface area contributed by atoms with Crippen LogP contribution in [0.2, 0.25) is 0 Å². The molecule has 0 saturated heterocycles. The molecule has 1 fully saturated rings. The number of anilines is 1. The van der Waals surface area contributed by atoms with Crippen LogP contribution in [0.25, 0.3) is 0 Å². The molecule has 0 spiro atoms. The van der Waals surface area contributed by atoms with Crippen LogP contribution in [0.15, 0.2) is 12.1 Å². The van der Waals surface area contributed by atoms with Gasteiger partial charge < -0.3 is 11.1 Å². The van der Waals surface area contributed by atoms with Crippen LogP contribution in [0, 0.1) is 18.6 Å². The van der Waals surface area contributed by atoms with Crippen molar-refractivity contribution in [2.45, 2.75) is 38.1 Å². The summed E-state index contributed by atoms with van der Waals surface area (Å²) in [6.07, 6.45) is 2.92. The molecule has 1 amide bonds. The van der Waals surface area contributed by atoms with Gasteiger partial charge in [-0.2, -0.15) is 0 Å². The molecule has 0 heterocycles. The average molecular weight is 254 g/mol. The first-order chi connectivity index (χ1) is 8.42. The first-order valence-corrected chi connectivity index (χ1v) is 5.98. The van der Waals surface area contributed by atoms with E-state index in [1.54, 1.807) is 0 Å². The molecule has 0 atom stereocenters. The molecule has 1 aliphatic rings. The van der Waals surface area contributed by atoms with E-state index < -0.39 is 23.1 Å². The van der Waals surface area contributed by atoms with Crippen molar-refractivity contribution < 1.29 is 13.6 Å². The number of nitrogens with one attached hydrogen (secondary N) is 1. The van der Waals surface area contributed by atoms with Crippen LogP contribution >= 0.6 is 0 Å². The zero-order valence-electron chi connectivity index (χ0n) is 10.2. The lowest BCUT2D eigenvalue weighted by atomic mass is 9.98. The van der Waals surface area contributed by atoms with Gasteiger partial charge in [-0.3, -0.25) is 4.79 Å². The highest BCUT2D eigenvalue weighted by Crippen LogP contribution is 2.29. The van der Waals surface area contributed by atoms with Crippen LogP contribution in [-0.4, -0.2) is 11.4 Å². The molecule has 1 saturated carbocycles. The summed E-state index contributed by atoms with van der Waals surface area (Å²) in [7, 11) is 0. The van der Waals surface area contributed by atoms with Crippen molar-refractivity contribution in [3.63, 3.8) is 0 Å². The second kappa shape index (κ2) is 4.65. The topological polar surface area (TPSA) is 55.1 Å². The Morgan fingerprint density at radius 2 is 1.89 bits per heavy atom. The predicted octanol–water partition coefficient (Wildman–Crippen LogP) is 2.48. The minimum Gasteiger partial charge on any atom is -0.322 e. The monoisotopic (exact) mass is 254 g/mol. The number of rotatable bonds is 2. The molecule has 0 aliphatic heterocycles. The Bertz CT molecular complexity index is 482. The Labute approximate surface area is 104 Å². The molecule has 3 N–H and O–H groups in total. The van der Waals surface area contributed by atoms with Crippen molar-refractivity contribution in [3.05, 3.63) is 29.3 Å². The molecule has 1 aromatic rings. The summed E-state index contributed by atoms with van der Waals surface area (Å²) in [6, 6.07) is 2.05. The third-order valence-electron chi connectivity index (χ3n) is 3.44. The second-order valence-corrected chi connectivity index (χ2v) is 4.90. The first kappa shape index (κ1) is 13.0. The smallest absolute Gasteiger partial charge is 0.244 e. The van der Waals surface area contributed by atoms with Crippen molar-refractivity contribution in [1.82, 2.24) is 0 Å². The minimum absolute atomic E-state index is 0.153. The molecule has 5 heteroatoms. The molecule has 1 aromatic carbocycles. The summed E-state index contributed by atoms with van der Waals surface area (Å²) in [5.74, 6) is -1.64. The molecule has 18 heavy (non-hydrogen) atoms. The lowest BCUT2D eigenvalue weighted by Crippen LogP contribution is -2.48. The van der Waals surface area contributed by atoms with E-state index in [-0.39, 0.29) is 11.3 Å². The number of hydrogen-bond donors (Lipinski definition) is 2. The highest BCUT2D eigenvalue weighted by molar-refractivity contribution is 5.98. The molecular weight excluding hydrogens is 238 g/mol. The zero-order chi connectivity index (χ0) is 13.3. The number of benzene rings is 1. The quantitative estimate of drug-likeness (QED) is 0.851. The average Bonchev–Trinajstić information content (AvgIpc) is 2.74. The number of amides is 1. The van der Waals surface area contributed by atoms with Gasteiger partial charge in [0, 0.05) is 6.07 Å². The van der Waals surface area contributed by atoms with Crippen LogP contribution in [0.4, 0.5) is 14.5 Å². The third-order valence-corrected chi connectivity index (χ3v) is 3.44. The van der Waals surface area contributed by atoms with E-state index >= 15 is 0 Å². The van der Waals surface area contributed by atoms with Gasteiger partial charge in [0.2, 0.25) is 5.91 Å². The van der Waals surface area contributed by atoms with Gasteiger partial charge in [0.05, 0.1) is 11.2 Å². The molecule has 0 aromatic heterocycles. The molecule has 2 rings (SSSR count). The first-order valence-electron chi connectivity index (χ1n) is 5.98. The Hall–Kier alpha value is -1.49. The highest BCUT2D eigenvalue weighted by atomic mass is 19.1. The fraction of sp³-hybridized carbons (Fsp3) is 0.462. The molecule has 1 aliphatic carbocycles. The van der Waals surface area contributed by atoms with Crippen LogP contribution in [0.1, 0.15) is 31.2 Å². The van der Waals surface area contributed by atoms with E-state index in [0.717, 1.165) is 25.0 Å². The Balaban J connectivity index is 2.19. The van der Waals surface area contributed by atoms with Gasteiger partial charge in [-0.1, -0.05) is 12.8 Å². The highest BCUT2D eigenvalue weighted by Gasteiger charge is 2.37. The summed E-state index contributed by atoms with van der Waals surface area (Å²) < 4.78 is 26.9. The standard InChI is InChI=1S/C13H16F2N2O/c1-8-6-10(15)11(7-9(8)14)17-12(18)13(16)4-2-3-5-13/h6-7H,2-5,16H2,1H3,(H,17,18). The van der Waals surface area contributed by atoms with Gasteiger partial charge in [0.15, 0.2) is 0 Å². The van der Waals surface area contributed by atoms with E-state index in [9.17, 15) is 13.6 Å². The largest absolute Gasteiger partial charge is 0.322 e. The lowest BCUT2D eigenvalue weighted by Gasteiger charge is -2.22. The van der Waals surface area contributed by atoms with Crippen LogP contribution in [-0.2, 0) is 4.79 Å². The van der Waals surface area contributed by atoms with Crippen molar-refractivity contribution in [2.24, 2.45) is 5.73 Å². The van der Waals surface area contributed by atoms with E-state index in [1.807, 2.05) is 0 Å². The molecular formula is C13H16F2N2O. The van der Waals surface area contributed by atoms with Gasteiger partial charge in [0.25, 0.3) is 0 Å². The van der Waals surface area contributed by atoms with Gasteiger partial charge in [0.1, 0.15) is 11.6 Å². The third kappa shape index (κ3) is 2.36. The minimum atomic E-state index is -0.951. The number of carbonyl (C=O) groups is 1. The SMILES string of the molecule is Cc1cc(F)c(NC(=O)C2(N)CCCC2)cc1F. The molecule has 0 radical (unpaired) electrons. The number of nitrogens with two attached hydrogens (primary N) is 1. The normalized spacial score (nSPS) is 17.8. The number of hydrogen-bond acceptors (Lipinski definition) is 2. The Morgan fingerprint density at radius 3 is 2.50 bits per heavy atom. The number of carbonyl (C=O) groups excluding carboxylic acids is 1. The summed E-state index contributed by atoms with van der Waals surface area (Å²) in [5.41, 5.74) is 5.04. The lowest BCUT2D eigenvalue weighted by molar-refractivity contribution is -0.121. The number of halogens is 2. The van der Waals surface area contributed by atoms with Crippen molar-refractivity contribution >= 4 is 11.6 Å². The van der Waals surface area contributed by atoms with E-state index in [0.29, 0.717) is 12.8 Å². The van der Waals surface area contributed by atoms with Crippen molar-refractivity contribution in [2.75, 3.05) is 5.32 Å². The maximum atomic E-state index is 13.6. The summed E-state index contributed by atoms with van der Waals surface area (Å²) in [5, 5.41) is 2.38.